The van der Waals surface area contributed by atoms with Gasteiger partial charge in [-0.15, -0.1) is 0 Å². The molecule has 1 aromatic carbocycles. The number of nitrogens with two attached hydrogens (primary N) is 1. The minimum atomic E-state index is -0.913. The van der Waals surface area contributed by atoms with Gasteiger partial charge in [-0.3, -0.25) is 4.98 Å². The summed E-state index contributed by atoms with van der Waals surface area (Å²) in [5.74, 6) is -1.33. The Morgan fingerprint density at radius 1 is 1.12 bits per heavy atom. The number of nitrogens with zero attached hydrogens (tertiary/aromatic N) is 1. The molecule has 0 amide bonds. The van der Waals surface area contributed by atoms with Crippen LogP contribution in [0.15, 0.2) is 41.0 Å². The lowest BCUT2D eigenvalue weighted by molar-refractivity contribution is 0.541. The molecule has 88 valence electrons. The lowest BCUT2D eigenvalue weighted by Gasteiger charge is -2.13. The second kappa shape index (κ2) is 4.89. The van der Waals surface area contributed by atoms with E-state index in [4.69, 9.17) is 5.73 Å². The van der Waals surface area contributed by atoms with Crippen LogP contribution in [0, 0.1) is 11.6 Å². The van der Waals surface area contributed by atoms with Crippen molar-refractivity contribution in [3.63, 3.8) is 0 Å². The summed E-state index contributed by atoms with van der Waals surface area (Å²) in [7, 11) is 0. The highest BCUT2D eigenvalue weighted by molar-refractivity contribution is 9.10. The first kappa shape index (κ1) is 12.1. The van der Waals surface area contributed by atoms with Gasteiger partial charge in [0, 0.05) is 16.2 Å². The monoisotopic (exact) mass is 298 g/mol. The fraction of sp³-hybridized carbons (Fsp3) is 0.0833. The van der Waals surface area contributed by atoms with Crippen molar-refractivity contribution in [2.24, 2.45) is 5.73 Å². The van der Waals surface area contributed by atoms with Gasteiger partial charge in [-0.05, 0) is 40.2 Å². The quantitative estimate of drug-likeness (QED) is 0.925. The second-order valence-corrected chi connectivity index (χ2v) is 4.43. The molecule has 2 aromatic rings. The van der Waals surface area contributed by atoms with E-state index in [-0.39, 0.29) is 5.56 Å². The third kappa shape index (κ3) is 2.50. The lowest BCUT2D eigenvalue weighted by Crippen LogP contribution is -2.16. The summed E-state index contributed by atoms with van der Waals surface area (Å²) in [5.41, 5.74) is 6.06. The van der Waals surface area contributed by atoms with E-state index < -0.39 is 17.7 Å². The highest BCUT2D eigenvalue weighted by atomic mass is 79.9. The Morgan fingerprint density at radius 3 is 2.29 bits per heavy atom. The summed E-state index contributed by atoms with van der Waals surface area (Å²) >= 11 is 3.23. The van der Waals surface area contributed by atoms with Crippen molar-refractivity contribution in [2.45, 2.75) is 6.04 Å². The number of benzene rings is 1. The molecule has 1 unspecified atom stereocenters. The number of rotatable bonds is 2. The molecule has 2 rings (SSSR count). The molecule has 0 saturated carbocycles. The Labute approximate surface area is 106 Å². The Morgan fingerprint density at radius 2 is 1.76 bits per heavy atom. The van der Waals surface area contributed by atoms with E-state index in [1.54, 1.807) is 12.1 Å². The van der Waals surface area contributed by atoms with Crippen molar-refractivity contribution in [3.05, 3.63) is 63.9 Å². The lowest BCUT2D eigenvalue weighted by atomic mass is 10.0. The third-order valence-corrected chi connectivity index (χ3v) is 2.85. The predicted molar refractivity (Wildman–Crippen MR) is 64.3 cm³/mol. The number of hydrogen-bond acceptors (Lipinski definition) is 2. The summed E-state index contributed by atoms with van der Waals surface area (Å²) in [6, 6.07) is 6.09. The fourth-order valence-corrected chi connectivity index (χ4v) is 1.76. The van der Waals surface area contributed by atoms with Crippen LogP contribution in [0.5, 0.6) is 0 Å². The van der Waals surface area contributed by atoms with Gasteiger partial charge in [0.25, 0.3) is 0 Å². The van der Waals surface area contributed by atoms with E-state index in [2.05, 4.69) is 20.9 Å². The van der Waals surface area contributed by atoms with Crippen LogP contribution in [-0.2, 0) is 0 Å². The topological polar surface area (TPSA) is 38.9 Å². The molecule has 2 nitrogen and oxygen atoms in total. The minimum absolute atomic E-state index is 0.165. The van der Waals surface area contributed by atoms with Gasteiger partial charge < -0.3 is 5.73 Å². The van der Waals surface area contributed by atoms with Gasteiger partial charge >= 0.3 is 0 Å². The van der Waals surface area contributed by atoms with Crippen LogP contribution in [0.2, 0.25) is 0 Å². The Hall–Kier alpha value is -1.33. The number of pyridine rings is 1. The molecular formula is C12H9BrF2N2. The molecule has 1 atom stereocenters. The van der Waals surface area contributed by atoms with Gasteiger partial charge in [0.1, 0.15) is 11.6 Å². The standard InChI is InChI=1S/C12H9BrF2N2/c13-7-4-5-10(17-6-7)12(16)11-8(14)2-1-3-9(11)15/h1-6,12H,16H2. The molecule has 0 aliphatic heterocycles. The van der Waals surface area contributed by atoms with Gasteiger partial charge in [0.05, 0.1) is 11.7 Å². The Balaban J connectivity index is 2.43. The van der Waals surface area contributed by atoms with Crippen LogP contribution in [0.1, 0.15) is 17.3 Å². The number of hydrogen-bond donors (Lipinski definition) is 1. The molecular weight excluding hydrogens is 290 g/mol. The van der Waals surface area contributed by atoms with E-state index in [1.165, 1.54) is 24.4 Å². The molecule has 0 saturated heterocycles. The first-order chi connectivity index (χ1) is 8.09. The number of aromatic nitrogens is 1. The molecule has 0 aliphatic rings. The van der Waals surface area contributed by atoms with E-state index in [0.29, 0.717) is 5.69 Å². The van der Waals surface area contributed by atoms with Crippen LogP contribution >= 0.6 is 15.9 Å². The summed E-state index contributed by atoms with van der Waals surface area (Å²) < 4.78 is 27.8. The van der Waals surface area contributed by atoms with Crippen LogP contribution in [0.25, 0.3) is 0 Å². The molecule has 0 spiro atoms. The number of halogens is 3. The molecule has 5 heteroatoms. The van der Waals surface area contributed by atoms with Crippen molar-refractivity contribution < 1.29 is 8.78 Å². The van der Waals surface area contributed by atoms with Gasteiger partial charge in [-0.1, -0.05) is 6.07 Å². The van der Waals surface area contributed by atoms with Gasteiger partial charge in [0.15, 0.2) is 0 Å². The van der Waals surface area contributed by atoms with Crippen LogP contribution in [0.3, 0.4) is 0 Å². The van der Waals surface area contributed by atoms with Crippen LogP contribution in [0.4, 0.5) is 8.78 Å². The van der Waals surface area contributed by atoms with E-state index in [1.807, 2.05) is 0 Å². The van der Waals surface area contributed by atoms with Gasteiger partial charge in [0.2, 0.25) is 0 Å². The zero-order valence-electron chi connectivity index (χ0n) is 8.70. The zero-order chi connectivity index (χ0) is 12.4. The minimum Gasteiger partial charge on any atom is -0.319 e. The molecule has 17 heavy (non-hydrogen) atoms. The van der Waals surface area contributed by atoms with E-state index in [9.17, 15) is 8.78 Å². The highest BCUT2D eigenvalue weighted by Gasteiger charge is 2.18. The zero-order valence-corrected chi connectivity index (χ0v) is 10.3. The molecule has 1 aromatic heterocycles. The SMILES string of the molecule is NC(c1ccc(Br)cn1)c1c(F)cccc1F. The van der Waals surface area contributed by atoms with Crippen molar-refractivity contribution in [1.82, 2.24) is 4.98 Å². The Bertz CT molecular complexity index is 508. The summed E-state index contributed by atoms with van der Waals surface area (Å²) in [6.45, 7) is 0. The predicted octanol–water partition coefficient (Wildman–Crippen LogP) is 3.17. The smallest absolute Gasteiger partial charge is 0.131 e. The van der Waals surface area contributed by atoms with Crippen LogP contribution in [-0.4, -0.2) is 4.98 Å². The summed E-state index contributed by atoms with van der Waals surface area (Å²) in [4.78, 5) is 4.03. The highest BCUT2D eigenvalue weighted by Crippen LogP contribution is 2.24. The summed E-state index contributed by atoms with van der Waals surface area (Å²) in [6.07, 6.45) is 1.54. The second-order valence-electron chi connectivity index (χ2n) is 3.51. The van der Waals surface area contributed by atoms with Crippen molar-refractivity contribution in [2.75, 3.05) is 0 Å². The fourth-order valence-electron chi connectivity index (χ4n) is 1.53. The maximum absolute atomic E-state index is 13.5. The van der Waals surface area contributed by atoms with Crippen molar-refractivity contribution >= 4 is 15.9 Å². The largest absolute Gasteiger partial charge is 0.319 e. The summed E-state index contributed by atoms with van der Waals surface area (Å²) in [5, 5.41) is 0. The first-order valence-corrected chi connectivity index (χ1v) is 5.70. The molecule has 0 aliphatic carbocycles. The van der Waals surface area contributed by atoms with E-state index in [0.717, 1.165) is 4.47 Å². The average Bonchev–Trinajstić information content (AvgIpc) is 2.29. The van der Waals surface area contributed by atoms with Crippen molar-refractivity contribution in [1.29, 1.82) is 0 Å². The normalized spacial score (nSPS) is 12.5. The molecule has 0 bridgehead atoms. The first-order valence-electron chi connectivity index (χ1n) is 4.90. The maximum atomic E-state index is 13.5. The van der Waals surface area contributed by atoms with Crippen molar-refractivity contribution in [3.8, 4) is 0 Å². The maximum Gasteiger partial charge on any atom is 0.131 e. The molecule has 1 heterocycles. The molecule has 2 N–H and O–H groups in total. The van der Waals surface area contributed by atoms with Gasteiger partial charge in [-0.2, -0.15) is 0 Å². The average molecular weight is 299 g/mol. The third-order valence-electron chi connectivity index (χ3n) is 2.38. The van der Waals surface area contributed by atoms with Gasteiger partial charge in [-0.25, -0.2) is 8.78 Å². The molecule has 0 fully saturated rings. The molecule has 0 radical (unpaired) electrons. The van der Waals surface area contributed by atoms with Crippen LogP contribution < -0.4 is 5.73 Å². The Kier molecular flexibility index (Phi) is 3.49. The van der Waals surface area contributed by atoms with E-state index >= 15 is 0 Å².